The molecule has 4 rings (SSSR count). The molecule has 8 nitrogen and oxygen atoms in total. The minimum atomic E-state index is -1.28. The molecule has 1 aliphatic rings. The fraction of sp³-hybridized carbons (Fsp3) is 0.276. The molecule has 1 aliphatic heterocycles. The van der Waals surface area contributed by atoms with Crippen molar-refractivity contribution in [2.45, 2.75) is 5.60 Å². The van der Waals surface area contributed by atoms with Crippen LogP contribution in [0, 0.1) is 0 Å². The highest BCUT2D eigenvalue weighted by atomic mass is 16.6. The van der Waals surface area contributed by atoms with Crippen molar-refractivity contribution in [1.82, 2.24) is 0 Å². The van der Waals surface area contributed by atoms with Crippen LogP contribution in [0.15, 0.2) is 79.4 Å². The van der Waals surface area contributed by atoms with Crippen LogP contribution in [0.3, 0.4) is 0 Å². The molecule has 3 aromatic carbocycles. The van der Waals surface area contributed by atoms with Gasteiger partial charge in [0.25, 0.3) is 0 Å². The van der Waals surface area contributed by atoms with E-state index in [1.54, 1.807) is 30.3 Å². The van der Waals surface area contributed by atoms with Crippen molar-refractivity contribution in [3.63, 3.8) is 0 Å². The van der Waals surface area contributed by atoms with E-state index >= 15 is 0 Å². The summed E-state index contributed by atoms with van der Waals surface area (Å²) in [7, 11) is 0. The fourth-order valence-corrected chi connectivity index (χ4v) is 3.79. The van der Waals surface area contributed by atoms with Crippen LogP contribution in [0.2, 0.25) is 0 Å². The van der Waals surface area contributed by atoms with Gasteiger partial charge < -0.3 is 33.5 Å². The molecule has 194 valence electrons. The molecule has 37 heavy (non-hydrogen) atoms. The number of carboxylic acids is 1. The standard InChI is InChI=1S/C29H30O8/c1-2-22-11-13-23(14-12-22)29(37-19-28(30)31)20-35-26-9-5-3-7-24(26)33-17-15-32-16-18-34-25-8-4-6-10-27(25)36-21-29/h2-14H,1,15-21H2,(H,30,31). The second kappa shape index (κ2) is 12.8. The van der Waals surface area contributed by atoms with Crippen molar-refractivity contribution < 1.29 is 38.3 Å². The Kier molecular flexibility index (Phi) is 9.02. The van der Waals surface area contributed by atoms with E-state index < -0.39 is 18.2 Å². The molecule has 0 bridgehead atoms. The van der Waals surface area contributed by atoms with Crippen molar-refractivity contribution in [2.24, 2.45) is 0 Å². The maximum Gasteiger partial charge on any atom is 0.329 e. The highest BCUT2D eigenvalue weighted by molar-refractivity contribution is 5.68. The fourth-order valence-electron chi connectivity index (χ4n) is 3.79. The summed E-state index contributed by atoms with van der Waals surface area (Å²) in [6.45, 7) is 4.55. The summed E-state index contributed by atoms with van der Waals surface area (Å²) in [5.74, 6) is 0.945. The molecule has 0 spiro atoms. The third-order valence-electron chi connectivity index (χ3n) is 5.73. The Bertz CT molecular complexity index is 1120. The molecule has 0 saturated carbocycles. The Balaban J connectivity index is 1.74. The van der Waals surface area contributed by atoms with Gasteiger partial charge in [-0.05, 0) is 35.4 Å². The first-order valence-corrected chi connectivity index (χ1v) is 12.0. The maximum atomic E-state index is 11.6. The maximum absolute atomic E-state index is 11.6. The molecule has 0 radical (unpaired) electrons. The molecule has 1 heterocycles. The molecule has 0 unspecified atom stereocenters. The summed E-state index contributed by atoms with van der Waals surface area (Å²) >= 11 is 0. The Morgan fingerprint density at radius 3 is 1.73 bits per heavy atom. The summed E-state index contributed by atoms with van der Waals surface area (Å²) < 4.78 is 35.9. The van der Waals surface area contributed by atoms with E-state index in [0.29, 0.717) is 55.0 Å². The van der Waals surface area contributed by atoms with Gasteiger partial charge in [0.2, 0.25) is 0 Å². The minimum Gasteiger partial charge on any atom is -0.487 e. The molecular weight excluding hydrogens is 476 g/mol. The molecule has 3 aromatic rings. The van der Waals surface area contributed by atoms with Gasteiger partial charge in [-0.25, -0.2) is 4.79 Å². The summed E-state index contributed by atoms with van der Waals surface area (Å²) in [5.41, 5.74) is 0.316. The number of ether oxygens (including phenoxy) is 6. The van der Waals surface area contributed by atoms with Gasteiger partial charge in [-0.2, -0.15) is 0 Å². The number of carbonyl (C=O) groups is 1. The quantitative estimate of drug-likeness (QED) is 0.538. The summed E-state index contributed by atoms with van der Waals surface area (Å²) in [4.78, 5) is 11.6. The Morgan fingerprint density at radius 2 is 1.27 bits per heavy atom. The monoisotopic (exact) mass is 506 g/mol. The zero-order valence-electron chi connectivity index (χ0n) is 20.5. The molecule has 0 aromatic heterocycles. The van der Waals surface area contributed by atoms with Gasteiger partial charge in [-0.15, -0.1) is 0 Å². The van der Waals surface area contributed by atoms with Crippen molar-refractivity contribution in [2.75, 3.05) is 46.2 Å². The van der Waals surface area contributed by atoms with Crippen LogP contribution in [0.4, 0.5) is 0 Å². The number of benzene rings is 3. The van der Waals surface area contributed by atoms with Crippen LogP contribution in [0.1, 0.15) is 11.1 Å². The topological polar surface area (TPSA) is 92.7 Å². The van der Waals surface area contributed by atoms with Crippen molar-refractivity contribution >= 4 is 12.0 Å². The zero-order chi connectivity index (χ0) is 25.9. The van der Waals surface area contributed by atoms with Crippen LogP contribution in [-0.2, 0) is 19.9 Å². The third kappa shape index (κ3) is 7.03. The number of carboxylic acid groups (broad SMARTS) is 1. The second-order valence-corrected chi connectivity index (χ2v) is 8.28. The van der Waals surface area contributed by atoms with Crippen molar-refractivity contribution in [3.8, 4) is 23.0 Å². The van der Waals surface area contributed by atoms with Crippen LogP contribution >= 0.6 is 0 Å². The van der Waals surface area contributed by atoms with Gasteiger partial charge >= 0.3 is 5.97 Å². The lowest BCUT2D eigenvalue weighted by molar-refractivity contribution is -0.157. The van der Waals surface area contributed by atoms with Crippen LogP contribution in [-0.4, -0.2) is 57.3 Å². The molecular formula is C29H30O8. The number of rotatable bonds is 5. The average Bonchev–Trinajstić information content (AvgIpc) is 2.93. The second-order valence-electron chi connectivity index (χ2n) is 8.28. The first-order chi connectivity index (χ1) is 18.1. The molecule has 0 aliphatic carbocycles. The van der Waals surface area contributed by atoms with Crippen molar-refractivity contribution in [1.29, 1.82) is 0 Å². The van der Waals surface area contributed by atoms with E-state index in [1.165, 1.54) is 0 Å². The van der Waals surface area contributed by atoms with E-state index in [1.807, 2.05) is 48.5 Å². The summed E-state index contributed by atoms with van der Waals surface area (Å²) in [6.07, 6.45) is 1.73. The van der Waals surface area contributed by atoms with Crippen LogP contribution in [0.25, 0.3) is 6.08 Å². The average molecular weight is 507 g/mol. The molecule has 8 heteroatoms. The largest absolute Gasteiger partial charge is 0.487 e. The Labute approximate surface area is 216 Å². The Morgan fingerprint density at radius 1 is 0.784 bits per heavy atom. The lowest BCUT2D eigenvalue weighted by atomic mass is 9.94. The van der Waals surface area contributed by atoms with E-state index in [0.717, 1.165) is 5.56 Å². The number of para-hydroxylation sites is 4. The van der Waals surface area contributed by atoms with E-state index in [-0.39, 0.29) is 13.2 Å². The molecule has 0 fully saturated rings. The number of hydrogen-bond donors (Lipinski definition) is 1. The zero-order valence-corrected chi connectivity index (χ0v) is 20.5. The third-order valence-corrected chi connectivity index (χ3v) is 5.73. The summed E-state index contributed by atoms with van der Waals surface area (Å²) in [6, 6.07) is 22.0. The predicted molar refractivity (Wildman–Crippen MR) is 137 cm³/mol. The smallest absolute Gasteiger partial charge is 0.329 e. The normalized spacial score (nSPS) is 15.9. The molecule has 0 amide bonds. The predicted octanol–water partition coefficient (Wildman–Crippen LogP) is 4.57. The van der Waals surface area contributed by atoms with Gasteiger partial charge in [0.05, 0.1) is 13.2 Å². The lowest BCUT2D eigenvalue weighted by Gasteiger charge is -2.34. The van der Waals surface area contributed by atoms with E-state index in [9.17, 15) is 9.90 Å². The number of fused-ring (bicyclic) bond motifs is 2. The summed E-state index contributed by atoms with van der Waals surface area (Å²) in [5, 5.41) is 9.47. The van der Waals surface area contributed by atoms with Gasteiger partial charge in [-0.3, -0.25) is 0 Å². The van der Waals surface area contributed by atoms with Gasteiger partial charge in [-0.1, -0.05) is 61.2 Å². The number of hydrogen-bond acceptors (Lipinski definition) is 7. The van der Waals surface area contributed by atoms with Gasteiger partial charge in [0.15, 0.2) is 28.6 Å². The van der Waals surface area contributed by atoms with Gasteiger partial charge in [0.1, 0.15) is 33.0 Å². The van der Waals surface area contributed by atoms with Crippen LogP contribution in [0.5, 0.6) is 23.0 Å². The lowest BCUT2D eigenvalue weighted by Crippen LogP contribution is -2.43. The Hall–Kier alpha value is -4.01. The van der Waals surface area contributed by atoms with E-state index in [4.69, 9.17) is 28.4 Å². The highest BCUT2D eigenvalue weighted by Crippen LogP contribution is 2.34. The minimum absolute atomic E-state index is 0.0480. The van der Waals surface area contributed by atoms with Gasteiger partial charge in [0, 0.05) is 0 Å². The first kappa shape index (κ1) is 26.1. The first-order valence-electron chi connectivity index (χ1n) is 12.0. The molecule has 0 saturated heterocycles. The number of aliphatic carboxylic acids is 1. The highest BCUT2D eigenvalue weighted by Gasteiger charge is 2.37. The van der Waals surface area contributed by atoms with Crippen molar-refractivity contribution in [3.05, 3.63) is 90.5 Å². The van der Waals surface area contributed by atoms with E-state index in [2.05, 4.69) is 6.58 Å². The van der Waals surface area contributed by atoms with Crippen LogP contribution < -0.4 is 18.9 Å². The molecule has 0 atom stereocenters. The molecule has 1 N–H and O–H groups in total. The SMILES string of the molecule is C=Cc1ccc(C2(OCC(=O)O)COc3ccccc3OCCOCCOc3ccccc3OC2)cc1.